The predicted octanol–water partition coefficient (Wildman–Crippen LogP) is 3.00. The standard InChI is InChI=1S/C21H21N3O4/c1-14-6-7-16(11-22-14)27-13-17-10-19(24-28-17)21(25)23-12-20-18-5-3-2-4-15(18)8-9-26-20/h2-7,10-11,20H,8-9,12-13H2,1H3,(H,23,25). The van der Waals surface area contributed by atoms with Crippen LogP contribution in [0.5, 0.6) is 5.75 Å². The average molecular weight is 379 g/mol. The highest BCUT2D eigenvalue weighted by Crippen LogP contribution is 2.26. The fraction of sp³-hybridized carbons (Fsp3) is 0.286. The number of ether oxygens (including phenoxy) is 2. The number of carbonyl (C=O) groups is 1. The molecule has 2 aromatic heterocycles. The fourth-order valence-electron chi connectivity index (χ4n) is 3.10. The van der Waals surface area contributed by atoms with Gasteiger partial charge in [-0.3, -0.25) is 9.78 Å². The molecule has 0 saturated heterocycles. The van der Waals surface area contributed by atoms with E-state index >= 15 is 0 Å². The van der Waals surface area contributed by atoms with Gasteiger partial charge in [-0.15, -0.1) is 0 Å². The van der Waals surface area contributed by atoms with Crippen LogP contribution in [0, 0.1) is 6.92 Å². The van der Waals surface area contributed by atoms with E-state index in [0.717, 1.165) is 17.7 Å². The number of nitrogens with zero attached hydrogens (tertiary/aromatic N) is 2. The first-order valence-corrected chi connectivity index (χ1v) is 9.18. The lowest BCUT2D eigenvalue weighted by Crippen LogP contribution is -2.32. The summed E-state index contributed by atoms with van der Waals surface area (Å²) in [4.78, 5) is 16.5. The molecule has 4 rings (SSSR count). The lowest BCUT2D eigenvalue weighted by atomic mass is 9.97. The fourth-order valence-corrected chi connectivity index (χ4v) is 3.10. The van der Waals surface area contributed by atoms with Crippen LogP contribution in [0.1, 0.15) is 39.2 Å². The third-order valence-corrected chi connectivity index (χ3v) is 4.60. The second-order valence-electron chi connectivity index (χ2n) is 6.62. The van der Waals surface area contributed by atoms with Gasteiger partial charge in [-0.25, -0.2) is 0 Å². The molecule has 0 aliphatic carbocycles. The van der Waals surface area contributed by atoms with Crippen LogP contribution in [-0.4, -0.2) is 29.2 Å². The van der Waals surface area contributed by atoms with E-state index in [1.807, 2.05) is 37.3 Å². The number of benzene rings is 1. The van der Waals surface area contributed by atoms with Crippen molar-refractivity contribution >= 4 is 5.91 Å². The maximum Gasteiger partial charge on any atom is 0.273 e. The number of amides is 1. The molecular weight excluding hydrogens is 358 g/mol. The highest BCUT2D eigenvalue weighted by Gasteiger charge is 2.22. The summed E-state index contributed by atoms with van der Waals surface area (Å²) < 4.78 is 16.6. The largest absolute Gasteiger partial charge is 0.484 e. The van der Waals surface area contributed by atoms with Gasteiger partial charge in [0.05, 0.1) is 12.8 Å². The molecule has 1 aromatic carbocycles. The summed E-state index contributed by atoms with van der Waals surface area (Å²) in [5.41, 5.74) is 3.51. The molecule has 7 heteroatoms. The molecule has 0 radical (unpaired) electrons. The van der Waals surface area contributed by atoms with Crippen LogP contribution in [0.4, 0.5) is 0 Å². The first-order chi connectivity index (χ1) is 13.7. The van der Waals surface area contributed by atoms with E-state index in [9.17, 15) is 4.79 Å². The molecule has 3 aromatic rings. The van der Waals surface area contributed by atoms with Crippen LogP contribution in [0.2, 0.25) is 0 Å². The number of fused-ring (bicyclic) bond motifs is 1. The highest BCUT2D eigenvalue weighted by atomic mass is 16.5. The summed E-state index contributed by atoms with van der Waals surface area (Å²) in [7, 11) is 0. The zero-order valence-electron chi connectivity index (χ0n) is 15.6. The molecule has 1 aliphatic heterocycles. The second kappa shape index (κ2) is 8.22. The van der Waals surface area contributed by atoms with Crippen molar-refractivity contribution in [3.8, 4) is 5.75 Å². The van der Waals surface area contributed by atoms with Gasteiger partial charge < -0.3 is 19.3 Å². The van der Waals surface area contributed by atoms with Gasteiger partial charge in [0, 0.05) is 18.3 Å². The van der Waals surface area contributed by atoms with Gasteiger partial charge in [0.15, 0.2) is 11.5 Å². The summed E-state index contributed by atoms with van der Waals surface area (Å²) >= 11 is 0. The van der Waals surface area contributed by atoms with E-state index in [0.29, 0.717) is 24.7 Å². The quantitative estimate of drug-likeness (QED) is 0.709. The van der Waals surface area contributed by atoms with Gasteiger partial charge in [0.2, 0.25) is 0 Å². The molecular formula is C21H21N3O4. The Morgan fingerprint density at radius 3 is 3.04 bits per heavy atom. The molecule has 1 N–H and O–H groups in total. The lowest BCUT2D eigenvalue weighted by molar-refractivity contribution is 0.0410. The summed E-state index contributed by atoms with van der Waals surface area (Å²) in [5.74, 6) is 0.782. The van der Waals surface area contributed by atoms with Crippen LogP contribution in [0.25, 0.3) is 0 Å². The Labute approximate surface area is 162 Å². The Morgan fingerprint density at radius 1 is 1.29 bits per heavy atom. The molecule has 0 spiro atoms. The summed E-state index contributed by atoms with van der Waals surface area (Å²) in [5, 5.41) is 6.69. The first-order valence-electron chi connectivity index (χ1n) is 9.18. The third kappa shape index (κ3) is 4.20. The summed E-state index contributed by atoms with van der Waals surface area (Å²) in [6.45, 7) is 3.10. The van der Waals surface area contributed by atoms with Crippen LogP contribution >= 0.6 is 0 Å². The minimum atomic E-state index is -0.307. The van der Waals surface area contributed by atoms with Gasteiger partial charge in [0.1, 0.15) is 18.5 Å². The van der Waals surface area contributed by atoms with E-state index in [2.05, 4.69) is 21.5 Å². The maximum absolute atomic E-state index is 12.4. The van der Waals surface area contributed by atoms with Crippen LogP contribution in [0.15, 0.2) is 53.2 Å². The van der Waals surface area contributed by atoms with E-state index < -0.39 is 0 Å². The number of rotatable bonds is 6. The molecule has 1 atom stereocenters. The van der Waals surface area contributed by atoms with Gasteiger partial charge in [-0.2, -0.15) is 0 Å². The van der Waals surface area contributed by atoms with Crippen molar-refractivity contribution in [2.24, 2.45) is 0 Å². The molecule has 1 unspecified atom stereocenters. The third-order valence-electron chi connectivity index (χ3n) is 4.60. The number of nitrogens with one attached hydrogen (secondary N) is 1. The first kappa shape index (κ1) is 18.2. The molecule has 0 fully saturated rings. The average Bonchev–Trinajstić information content (AvgIpc) is 3.21. The smallest absolute Gasteiger partial charge is 0.273 e. The number of carbonyl (C=O) groups excluding carboxylic acids is 1. The van der Waals surface area contributed by atoms with Crippen molar-refractivity contribution in [2.45, 2.75) is 26.1 Å². The SMILES string of the molecule is Cc1ccc(OCc2cc(C(=O)NCC3OCCc4ccccc43)no2)cn1. The number of pyridine rings is 1. The molecule has 3 heterocycles. The molecule has 1 aliphatic rings. The Bertz CT molecular complexity index is 952. The van der Waals surface area contributed by atoms with Gasteiger partial charge in [-0.1, -0.05) is 29.4 Å². The lowest BCUT2D eigenvalue weighted by Gasteiger charge is -2.26. The highest BCUT2D eigenvalue weighted by molar-refractivity contribution is 5.92. The summed E-state index contributed by atoms with van der Waals surface area (Å²) in [6.07, 6.45) is 2.38. The van der Waals surface area contributed by atoms with Crippen molar-refractivity contribution in [3.05, 3.63) is 76.9 Å². The summed E-state index contributed by atoms with van der Waals surface area (Å²) in [6, 6.07) is 13.4. The monoisotopic (exact) mass is 379 g/mol. The topological polar surface area (TPSA) is 86.5 Å². The molecule has 0 bridgehead atoms. The second-order valence-corrected chi connectivity index (χ2v) is 6.62. The van der Waals surface area contributed by atoms with E-state index in [1.165, 1.54) is 5.56 Å². The van der Waals surface area contributed by atoms with E-state index in [1.54, 1.807) is 12.3 Å². The Kier molecular flexibility index (Phi) is 5.34. The molecule has 144 valence electrons. The number of aromatic nitrogens is 2. The molecule has 28 heavy (non-hydrogen) atoms. The van der Waals surface area contributed by atoms with Crippen molar-refractivity contribution in [3.63, 3.8) is 0 Å². The maximum atomic E-state index is 12.4. The van der Waals surface area contributed by atoms with Crippen molar-refractivity contribution < 1.29 is 18.8 Å². The van der Waals surface area contributed by atoms with Gasteiger partial charge in [0.25, 0.3) is 5.91 Å². The zero-order chi connectivity index (χ0) is 19.3. The Hall–Kier alpha value is -3.19. The van der Waals surface area contributed by atoms with Crippen LogP contribution in [-0.2, 0) is 17.8 Å². The normalized spacial score (nSPS) is 15.7. The van der Waals surface area contributed by atoms with Crippen molar-refractivity contribution in [2.75, 3.05) is 13.2 Å². The molecule has 1 amide bonds. The van der Waals surface area contributed by atoms with E-state index in [-0.39, 0.29) is 24.3 Å². The van der Waals surface area contributed by atoms with Crippen LogP contribution < -0.4 is 10.1 Å². The van der Waals surface area contributed by atoms with Crippen LogP contribution in [0.3, 0.4) is 0 Å². The van der Waals surface area contributed by atoms with E-state index in [4.69, 9.17) is 14.0 Å². The van der Waals surface area contributed by atoms with Crippen molar-refractivity contribution in [1.29, 1.82) is 0 Å². The number of hydrogen-bond donors (Lipinski definition) is 1. The zero-order valence-corrected chi connectivity index (χ0v) is 15.6. The molecule has 0 saturated carbocycles. The Balaban J connectivity index is 1.32. The number of hydrogen-bond acceptors (Lipinski definition) is 6. The van der Waals surface area contributed by atoms with Crippen molar-refractivity contribution in [1.82, 2.24) is 15.5 Å². The predicted molar refractivity (Wildman–Crippen MR) is 101 cm³/mol. The minimum absolute atomic E-state index is 0.155. The molecule has 7 nitrogen and oxygen atoms in total. The Morgan fingerprint density at radius 2 is 2.18 bits per heavy atom. The van der Waals surface area contributed by atoms with Gasteiger partial charge in [-0.05, 0) is 36.6 Å². The van der Waals surface area contributed by atoms with Gasteiger partial charge >= 0.3 is 0 Å². The minimum Gasteiger partial charge on any atom is -0.484 e. The number of aryl methyl sites for hydroxylation is 1.